The number of rotatable bonds is 23. The fourth-order valence-electron chi connectivity index (χ4n) is 9.56. The van der Waals surface area contributed by atoms with E-state index >= 15 is 0 Å². The van der Waals surface area contributed by atoms with Gasteiger partial charge in [-0.1, -0.05) is 120 Å². The lowest BCUT2D eigenvalue weighted by atomic mass is 9.79. The van der Waals surface area contributed by atoms with Gasteiger partial charge in [0, 0.05) is 38.2 Å². The van der Waals surface area contributed by atoms with Crippen molar-refractivity contribution < 1.29 is 48.7 Å². The van der Waals surface area contributed by atoms with Crippen LogP contribution in [0.2, 0.25) is 0 Å². The second kappa shape index (κ2) is 26.9. The van der Waals surface area contributed by atoms with Gasteiger partial charge in [-0.3, -0.25) is 33.6 Å². The Labute approximate surface area is 403 Å². The number of benzene rings is 2. The topological polar surface area (TPSA) is 193 Å². The maximum atomic E-state index is 14.7. The van der Waals surface area contributed by atoms with Gasteiger partial charge >= 0.3 is 5.97 Å². The van der Waals surface area contributed by atoms with Gasteiger partial charge in [0.25, 0.3) is 0 Å². The highest BCUT2D eigenvalue weighted by molar-refractivity contribution is 5.97. The van der Waals surface area contributed by atoms with E-state index in [9.17, 15) is 33.6 Å². The Kier molecular flexibility index (Phi) is 21.1. The van der Waals surface area contributed by atoms with Gasteiger partial charge in [0.05, 0.1) is 12.7 Å². The lowest BCUT2D eigenvalue weighted by molar-refractivity contribution is -0.149. The van der Waals surface area contributed by atoms with Crippen LogP contribution in [0.25, 0.3) is 0 Å². The molecule has 5 rings (SSSR count). The van der Waals surface area contributed by atoms with Crippen molar-refractivity contribution in [3.8, 4) is 0 Å². The van der Waals surface area contributed by atoms with Gasteiger partial charge in [0.15, 0.2) is 0 Å². The number of nitrogens with zero attached hydrogens (tertiary/aromatic N) is 2. The maximum absolute atomic E-state index is 14.7. The Balaban J connectivity index is 0.00000630. The van der Waals surface area contributed by atoms with Crippen molar-refractivity contribution in [3.63, 3.8) is 0 Å². The lowest BCUT2D eigenvalue weighted by Crippen LogP contribution is -2.61. The van der Waals surface area contributed by atoms with Crippen LogP contribution in [0, 0.1) is 17.8 Å². The molecule has 0 radical (unpaired) electrons. The Hall–Kier alpha value is -5.31. The number of hydrogen-bond acceptors (Lipinski definition) is 9. The number of carbonyl (C=O) groups is 7. The molecule has 0 aromatic heterocycles. The first-order chi connectivity index (χ1) is 32.3. The first-order valence-corrected chi connectivity index (χ1v) is 24.9. The molecule has 7 atom stereocenters. The SMILES string of the molecule is CCCNC(=O)[C@@H](NC(=O)[C@@H]1CCCN1C(=O)[C@H](CCC(=O)OCc1ccccc1)NC(=O)[C@@H]1CCCCN1C(=O)[C@@H](NC(=O)C[C@H](C)C1CCCCC1)C(C)C)C(C)OCc1ccccc1.[HH].[HH].[HH].[HH]. The summed E-state index contributed by atoms with van der Waals surface area (Å²) in [4.78, 5) is 101. The van der Waals surface area contributed by atoms with E-state index in [1.54, 1.807) is 6.92 Å². The molecule has 1 saturated carbocycles. The predicted octanol–water partition coefficient (Wildman–Crippen LogP) is 6.71. The van der Waals surface area contributed by atoms with Crippen LogP contribution in [0.5, 0.6) is 0 Å². The number of nitrogens with one attached hydrogen (secondary N) is 4. The molecule has 2 aliphatic heterocycles. The molecular formula is C52H84N6O9. The number of amides is 6. The van der Waals surface area contributed by atoms with Crippen LogP contribution in [-0.2, 0) is 56.2 Å². The van der Waals surface area contributed by atoms with Crippen LogP contribution in [0.3, 0.4) is 0 Å². The highest BCUT2D eigenvalue weighted by atomic mass is 16.5. The third-order valence-corrected chi connectivity index (χ3v) is 13.6. The quantitative estimate of drug-likeness (QED) is 0.0877. The van der Waals surface area contributed by atoms with Gasteiger partial charge in [-0.05, 0) is 80.8 Å². The van der Waals surface area contributed by atoms with E-state index in [1.807, 2.05) is 81.4 Å². The lowest BCUT2D eigenvalue weighted by Gasteiger charge is -2.39. The number of esters is 1. The minimum absolute atomic E-state index is 0. The zero-order valence-electron chi connectivity index (χ0n) is 40.5. The summed E-state index contributed by atoms with van der Waals surface area (Å²) in [5.74, 6) is -2.74. The highest BCUT2D eigenvalue weighted by Crippen LogP contribution is 2.32. The van der Waals surface area contributed by atoms with Crippen LogP contribution in [0.15, 0.2) is 60.7 Å². The standard InChI is InChI=1S/C52H76N6O9.4H2/c1-6-29-53-50(63)47(37(5)66-33-38-19-10-7-11-20-38)56-49(62)43-26-18-31-57(43)51(64)41(27-28-45(60)67-34-39-21-12-8-13-22-39)54-48(61)42-25-16-17-30-58(42)52(65)46(35(2)3)55-44(59)32-36(4)40-23-14-9-15-24-40;;;;/h7-8,10-13,19-22,35-37,40-43,46-47H,6,9,14-18,23-34H2,1-5H3,(H,53,63)(H,54,61)(H,55,59)(H,56,62);4*1H/t36-,37?,41-,42-,43-,46-,47-;;;;/m0..../s1. The fourth-order valence-corrected chi connectivity index (χ4v) is 9.56. The molecule has 15 nitrogen and oxygen atoms in total. The Morgan fingerprint density at radius 2 is 1.25 bits per heavy atom. The zero-order chi connectivity index (χ0) is 48.3. The van der Waals surface area contributed by atoms with Crippen molar-refractivity contribution in [1.29, 1.82) is 0 Å². The Bertz CT molecular complexity index is 1950. The van der Waals surface area contributed by atoms with Crippen molar-refractivity contribution in [3.05, 3.63) is 71.8 Å². The normalized spacial score (nSPS) is 19.9. The Morgan fingerprint density at radius 1 is 0.672 bits per heavy atom. The van der Waals surface area contributed by atoms with Crippen molar-refractivity contribution in [2.24, 2.45) is 17.8 Å². The summed E-state index contributed by atoms with van der Waals surface area (Å²) in [6.07, 6.45) is 8.21. The number of carbonyl (C=O) groups excluding carboxylic acids is 7. The average molecular weight is 937 g/mol. The monoisotopic (exact) mass is 937 g/mol. The molecule has 0 spiro atoms. The van der Waals surface area contributed by atoms with E-state index < -0.39 is 65.9 Å². The number of ether oxygens (including phenoxy) is 2. The molecule has 15 heteroatoms. The molecule has 0 bridgehead atoms. The molecular weight excluding hydrogens is 853 g/mol. The number of hydrogen-bond donors (Lipinski definition) is 4. The Morgan fingerprint density at radius 3 is 1.90 bits per heavy atom. The molecule has 2 saturated heterocycles. The van der Waals surface area contributed by atoms with Crippen LogP contribution in [-0.4, -0.2) is 107 Å². The second-order valence-corrected chi connectivity index (χ2v) is 19.1. The summed E-state index contributed by atoms with van der Waals surface area (Å²) in [5.41, 5.74) is 1.70. The first kappa shape index (κ1) is 52.7. The minimum Gasteiger partial charge on any atom is -0.461 e. The fraction of sp³-hybridized carbons (Fsp3) is 0.635. The van der Waals surface area contributed by atoms with Crippen LogP contribution < -0.4 is 21.3 Å². The van der Waals surface area contributed by atoms with Gasteiger partial charge in [-0.15, -0.1) is 0 Å². The van der Waals surface area contributed by atoms with Gasteiger partial charge in [0.1, 0.15) is 36.8 Å². The van der Waals surface area contributed by atoms with Gasteiger partial charge in [0.2, 0.25) is 35.4 Å². The molecule has 67 heavy (non-hydrogen) atoms. The second-order valence-electron chi connectivity index (χ2n) is 19.1. The molecule has 3 aliphatic rings. The maximum Gasteiger partial charge on any atom is 0.306 e. The molecule has 2 aromatic rings. The summed E-state index contributed by atoms with van der Waals surface area (Å²) in [5, 5.41) is 11.7. The molecule has 2 heterocycles. The molecule has 376 valence electrons. The highest BCUT2D eigenvalue weighted by Gasteiger charge is 2.42. The zero-order valence-corrected chi connectivity index (χ0v) is 40.5. The molecule has 2 aromatic carbocycles. The third-order valence-electron chi connectivity index (χ3n) is 13.6. The smallest absolute Gasteiger partial charge is 0.306 e. The van der Waals surface area contributed by atoms with Crippen LogP contribution in [0.1, 0.15) is 141 Å². The summed E-state index contributed by atoms with van der Waals surface area (Å²) >= 11 is 0. The summed E-state index contributed by atoms with van der Waals surface area (Å²) < 4.78 is 11.6. The number of piperidine rings is 1. The molecule has 3 fully saturated rings. The number of likely N-dealkylation sites (tertiary alicyclic amines) is 2. The largest absolute Gasteiger partial charge is 0.461 e. The summed E-state index contributed by atoms with van der Waals surface area (Å²) in [6.45, 7) is 10.7. The average Bonchev–Trinajstić information content (AvgIpc) is 3.85. The summed E-state index contributed by atoms with van der Waals surface area (Å²) in [7, 11) is 0. The third kappa shape index (κ3) is 15.9. The van der Waals surface area contributed by atoms with E-state index in [0.717, 1.165) is 24.0 Å². The van der Waals surface area contributed by atoms with Crippen molar-refractivity contribution in [1.82, 2.24) is 31.1 Å². The van der Waals surface area contributed by atoms with E-state index in [0.29, 0.717) is 64.0 Å². The van der Waals surface area contributed by atoms with Crippen LogP contribution in [0.4, 0.5) is 0 Å². The predicted molar refractivity (Wildman–Crippen MR) is 263 cm³/mol. The van der Waals surface area contributed by atoms with E-state index in [4.69, 9.17) is 9.47 Å². The van der Waals surface area contributed by atoms with Crippen molar-refractivity contribution >= 4 is 41.4 Å². The summed E-state index contributed by atoms with van der Waals surface area (Å²) in [6, 6.07) is 13.6. The van der Waals surface area contributed by atoms with Gasteiger partial charge in [-0.25, -0.2) is 0 Å². The molecule has 6 amide bonds. The molecule has 1 aliphatic carbocycles. The van der Waals surface area contributed by atoms with E-state index in [2.05, 4.69) is 28.2 Å². The van der Waals surface area contributed by atoms with E-state index in [-0.39, 0.29) is 62.0 Å². The molecule has 4 N–H and O–H groups in total. The minimum atomic E-state index is -1.25. The molecule has 1 unspecified atom stereocenters. The van der Waals surface area contributed by atoms with Gasteiger partial charge in [-0.2, -0.15) is 0 Å². The van der Waals surface area contributed by atoms with Crippen LogP contribution >= 0.6 is 0 Å². The van der Waals surface area contributed by atoms with Crippen molar-refractivity contribution in [2.75, 3.05) is 19.6 Å². The van der Waals surface area contributed by atoms with Crippen molar-refractivity contribution in [2.45, 2.75) is 174 Å². The first-order valence-electron chi connectivity index (χ1n) is 24.9. The van der Waals surface area contributed by atoms with E-state index in [1.165, 1.54) is 29.1 Å². The van der Waals surface area contributed by atoms with Gasteiger partial charge < -0.3 is 40.5 Å².